The maximum atomic E-state index is 12.4. The number of halogens is 2. The molecule has 1 amide bonds. The second-order valence-electron chi connectivity index (χ2n) is 6.56. The summed E-state index contributed by atoms with van der Waals surface area (Å²) in [6.45, 7) is 0.333. The summed E-state index contributed by atoms with van der Waals surface area (Å²) in [7, 11) is 0. The van der Waals surface area contributed by atoms with Crippen molar-refractivity contribution < 1.29 is 9.53 Å². The number of carbonyl (C=O) groups excluding carboxylic acids is 1. The van der Waals surface area contributed by atoms with E-state index in [2.05, 4.69) is 11.4 Å². The minimum absolute atomic E-state index is 0.205. The summed E-state index contributed by atoms with van der Waals surface area (Å²) in [6.07, 6.45) is 3.45. The first kappa shape index (κ1) is 17.0. The summed E-state index contributed by atoms with van der Waals surface area (Å²) in [5, 5.41) is 13.1. The van der Waals surface area contributed by atoms with Gasteiger partial charge in [-0.2, -0.15) is 5.26 Å². The Morgan fingerprint density at radius 3 is 2.65 bits per heavy atom. The van der Waals surface area contributed by atoms with E-state index in [0.29, 0.717) is 39.2 Å². The molecule has 4 rings (SSSR count). The van der Waals surface area contributed by atoms with Crippen molar-refractivity contribution in [1.82, 2.24) is 0 Å². The highest BCUT2D eigenvalue weighted by atomic mass is 35.5. The summed E-state index contributed by atoms with van der Waals surface area (Å²) in [6, 6.07) is 12.8. The standard InChI is InChI=1S/C20H14Cl2N2O2/c21-13-2-4-18(26-11-20(10-23)5-6-20)12(7-13)8-16-15-3-1-14(22)9-17(15)24-19(16)25/h1-4,7-9H,5-6,11H2,(H,24,25)/b16-8-. The molecule has 0 radical (unpaired) electrons. The first-order valence-corrected chi connectivity index (χ1v) is 8.92. The number of nitriles is 1. The van der Waals surface area contributed by atoms with E-state index in [1.54, 1.807) is 42.5 Å². The number of fused-ring (bicyclic) bond motifs is 1. The Balaban J connectivity index is 1.70. The van der Waals surface area contributed by atoms with Gasteiger partial charge in [-0.25, -0.2) is 0 Å². The molecule has 1 aliphatic carbocycles. The van der Waals surface area contributed by atoms with E-state index in [4.69, 9.17) is 27.9 Å². The summed E-state index contributed by atoms with van der Waals surface area (Å²) < 4.78 is 5.88. The Hall–Kier alpha value is -2.48. The van der Waals surface area contributed by atoms with E-state index >= 15 is 0 Å². The molecular weight excluding hydrogens is 371 g/mol. The van der Waals surface area contributed by atoms with E-state index < -0.39 is 0 Å². The second kappa shape index (κ2) is 6.35. The molecular formula is C20H14Cl2N2O2. The zero-order valence-electron chi connectivity index (χ0n) is 13.7. The van der Waals surface area contributed by atoms with Crippen molar-refractivity contribution in [1.29, 1.82) is 5.26 Å². The topological polar surface area (TPSA) is 62.1 Å². The number of ether oxygens (including phenoxy) is 1. The highest BCUT2D eigenvalue weighted by Crippen LogP contribution is 2.45. The zero-order valence-corrected chi connectivity index (χ0v) is 15.2. The van der Waals surface area contributed by atoms with Crippen molar-refractivity contribution in [3.05, 3.63) is 57.6 Å². The van der Waals surface area contributed by atoms with Crippen LogP contribution in [0.4, 0.5) is 5.69 Å². The number of hydrogen-bond donors (Lipinski definition) is 1. The number of anilines is 1. The second-order valence-corrected chi connectivity index (χ2v) is 7.44. The molecule has 0 aromatic heterocycles. The van der Waals surface area contributed by atoms with E-state index in [1.165, 1.54) is 0 Å². The van der Waals surface area contributed by atoms with E-state index in [9.17, 15) is 10.1 Å². The fourth-order valence-corrected chi connectivity index (χ4v) is 3.24. The van der Waals surface area contributed by atoms with Gasteiger partial charge in [0.1, 0.15) is 12.4 Å². The molecule has 130 valence electrons. The molecule has 0 bridgehead atoms. The predicted molar refractivity (Wildman–Crippen MR) is 102 cm³/mol. The highest BCUT2D eigenvalue weighted by Gasteiger charge is 2.44. The normalized spacial score (nSPS) is 18.2. The summed E-state index contributed by atoms with van der Waals surface area (Å²) in [5.41, 5.74) is 2.29. The van der Waals surface area contributed by atoms with Crippen LogP contribution < -0.4 is 10.1 Å². The average Bonchev–Trinajstić information content (AvgIpc) is 3.34. The van der Waals surface area contributed by atoms with Crippen LogP contribution in [0.2, 0.25) is 10.0 Å². The highest BCUT2D eigenvalue weighted by molar-refractivity contribution is 6.37. The molecule has 1 N–H and O–H groups in total. The first-order valence-electron chi connectivity index (χ1n) is 8.16. The van der Waals surface area contributed by atoms with Crippen LogP contribution in [0.1, 0.15) is 24.0 Å². The van der Waals surface area contributed by atoms with Crippen LogP contribution >= 0.6 is 23.2 Å². The van der Waals surface area contributed by atoms with Crippen LogP contribution in [0.5, 0.6) is 5.75 Å². The number of amides is 1. The Labute approximate surface area is 161 Å². The van der Waals surface area contributed by atoms with Crippen molar-refractivity contribution >= 4 is 46.4 Å². The molecule has 4 nitrogen and oxygen atoms in total. The van der Waals surface area contributed by atoms with Crippen LogP contribution in [0.25, 0.3) is 11.6 Å². The quantitative estimate of drug-likeness (QED) is 0.739. The predicted octanol–water partition coefficient (Wildman–Crippen LogP) is 5.17. The smallest absolute Gasteiger partial charge is 0.256 e. The van der Waals surface area contributed by atoms with E-state index in [-0.39, 0.29) is 11.3 Å². The van der Waals surface area contributed by atoms with Crippen molar-refractivity contribution in [3.8, 4) is 11.8 Å². The van der Waals surface area contributed by atoms with Crippen LogP contribution in [-0.2, 0) is 4.79 Å². The maximum absolute atomic E-state index is 12.4. The Kier molecular flexibility index (Phi) is 4.14. The van der Waals surface area contributed by atoms with Crippen molar-refractivity contribution in [2.24, 2.45) is 5.41 Å². The lowest BCUT2D eigenvalue weighted by molar-refractivity contribution is -0.110. The van der Waals surface area contributed by atoms with Crippen LogP contribution in [-0.4, -0.2) is 12.5 Å². The van der Waals surface area contributed by atoms with E-state index in [0.717, 1.165) is 18.4 Å². The third-order valence-electron chi connectivity index (χ3n) is 4.63. The maximum Gasteiger partial charge on any atom is 0.256 e. The van der Waals surface area contributed by atoms with Gasteiger partial charge in [0.15, 0.2) is 0 Å². The SMILES string of the molecule is N#CC1(COc2ccc(Cl)cc2/C=C2\C(=O)Nc3cc(Cl)ccc32)CC1. The van der Waals surface area contributed by atoms with Gasteiger partial charge in [0.2, 0.25) is 0 Å². The zero-order chi connectivity index (χ0) is 18.3. The molecule has 1 aliphatic heterocycles. The first-order chi connectivity index (χ1) is 12.5. The fraction of sp³-hybridized carbons (Fsp3) is 0.200. The number of rotatable bonds is 4. The molecule has 0 atom stereocenters. The Morgan fingerprint density at radius 1 is 1.19 bits per heavy atom. The monoisotopic (exact) mass is 384 g/mol. The number of benzene rings is 2. The molecule has 26 heavy (non-hydrogen) atoms. The molecule has 6 heteroatoms. The third-order valence-corrected chi connectivity index (χ3v) is 5.10. The van der Waals surface area contributed by atoms with E-state index in [1.807, 2.05) is 0 Å². The number of carbonyl (C=O) groups is 1. The number of nitrogens with one attached hydrogen (secondary N) is 1. The van der Waals surface area contributed by atoms with Crippen molar-refractivity contribution in [2.45, 2.75) is 12.8 Å². The molecule has 0 spiro atoms. The van der Waals surface area contributed by atoms with Gasteiger partial charge in [0, 0.05) is 26.7 Å². The van der Waals surface area contributed by atoms with Gasteiger partial charge in [-0.15, -0.1) is 0 Å². The lowest BCUT2D eigenvalue weighted by atomic mass is 10.0. The molecule has 2 aromatic rings. The Morgan fingerprint density at radius 2 is 1.92 bits per heavy atom. The minimum Gasteiger partial charge on any atom is -0.491 e. The van der Waals surface area contributed by atoms with Crippen LogP contribution in [0, 0.1) is 16.7 Å². The summed E-state index contributed by atoms with van der Waals surface area (Å²) in [5.74, 6) is 0.391. The van der Waals surface area contributed by atoms with Gasteiger partial charge in [0.05, 0.1) is 17.2 Å². The largest absolute Gasteiger partial charge is 0.491 e. The molecule has 0 unspecified atom stereocenters. The molecule has 2 aromatic carbocycles. The minimum atomic E-state index is -0.377. The van der Waals surface area contributed by atoms with Gasteiger partial charge < -0.3 is 10.1 Å². The number of hydrogen-bond acceptors (Lipinski definition) is 3. The van der Waals surface area contributed by atoms with Crippen LogP contribution in [0.15, 0.2) is 36.4 Å². The van der Waals surface area contributed by atoms with Gasteiger partial charge >= 0.3 is 0 Å². The average molecular weight is 385 g/mol. The molecule has 2 aliphatic rings. The Bertz CT molecular complexity index is 988. The molecule has 1 saturated carbocycles. The lowest BCUT2D eigenvalue weighted by Crippen LogP contribution is -2.11. The van der Waals surface area contributed by atoms with Gasteiger partial charge in [-0.3, -0.25) is 4.79 Å². The lowest BCUT2D eigenvalue weighted by Gasteiger charge is -2.12. The molecule has 1 fully saturated rings. The van der Waals surface area contributed by atoms with Crippen LogP contribution in [0.3, 0.4) is 0 Å². The van der Waals surface area contributed by atoms with Crippen molar-refractivity contribution in [3.63, 3.8) is 0 Å². The molecule has 0 saturated heterocycles. The van der Waals surface area contributed by atoms with Gasteiger partial charge in [0.25, 0.3) is 5.91 Å². The van der Waals surface area contributed by atoms with Gasteiger partial charge in [-0.05, 0) is 49.2 Å². The fourth-order valence-electron chi connectivity index (χ4n) is 2.88. The van der Waals surface area contributed by atoms with Gasteiger partial charge in [-0.1, -0.05) is 29.3 Å². The molecule has 1 heterocycles. The van der Waals surface area contributed by atoms with Crippen molar-refractivity contribution in [2.75, 3.05) is 11.9 Å². The summed E-state index contributed by atoms with van der Waals surface area (Å²) in [4.78, 5) is 12.4. The summed E-state index contributed by atoms with van der Waals surface area (Å²) >= 11 is 12.1. The number of nitrogens with zero attached hydrogens (tertiary/aromatic N) is 1. The third kappa shape index (κ3) is 3.16.